The summed E-state index contributed by atoms with van der Waals surface area (Å²) in [6.07, 6.45) is 3.17. The Morgan fingerprint density at radius 2 is 2.00 bits per heavy atom. The van der Waals surface area contributed by atoms with Gasteiger partial charge in [-0.05, 0) is 44.0 Å². The summed E-state index contributed by atoms with van der Waals surface area (Å²) in [6, 6.07) is 8.40. The Morgan fingerprint density at radius 3 is 2.65 bits per heavy atom. The van der Waals surface area contributed by atoms with Crippen molar-refractivity contribution in [1.82, 2.24) is 4.90 Å². The Balaban J connectivity index is 2.17. The molecule has 3 rings (SSSR count). The van der Waals surface area contributed by atoms with E-state index in [0.29, 0.717) is 17.9 Å². The Morgan fingerprint density at radius 1 is 1.23 bits per heavy atom. The molecule has 2 aromatic rings. The highest BCUT2D eigenvalue weighted by Crippen LogP contribution is 2.40. The van der Waals surface area contributed by atoms with Crippen molar-refractivity contribution in [3.05, 3.63) is 64.6 Å². The zero-order chi connectivity index (χ0) is 18.8. The molecule has 1 N–H and O–H groups in total. The van der Waals surface area contributed by atoms with Crippen LogP contribution in [0.3, 0.4) is 0 Å². The largest absolute Gasteiger partial charge is 0.507 e. The summed E-state index contributed by atoms with van der Waals surface area (Å²) in [7, 11) is 0. The topological polar surface area (TPSA) is 70.8 Å². The van der Waals surface area contributed by atoms with Gasteiger partial charge in [0, 0.05) is 12.1 Å². The molecular weight excluding hydrogens is 330 g/mol. The van der Waals surface area contributed by atoms with Crippen LogP contribution in [0.4, 0.5) is 0 Å². The molecule has 0 radical (unpaired) electrons. The fourth-order valence-corrected chi connectivity index (χ4v) is 3.32. The molecule has 0 spiro atoms. The van der Waals surface area contributed by atoms with Crippen LogP contribution in [0.1, 0.15) is 48.3 Å². The molecule has 1 aromatic heterocycles. The monoisotopic (exact) mass is 353 g/mol. The van der Waals surface area contributed by atoms with Crippen LogP contribution in [0.5, 0.6) is 0 Å². The summed E-state index contributed by atoms with van der Waals surface area (Å²) in [5.74, 6) is -0.926. The lowest BCUT2D eigenvalue weighted by atomic mass is 9.96. The van der Waals surface area contributed by atoms with Crippen molar-refractivity contribution in [1.29, 1.82) is 0 Å². The maximum atomic E-state index is 12.7. The SMILES string of the molecule is CCCCN1C(=O)C(=O)/C(=C(\O)c2cc(C)ccc2C)C1c1ccco1. The number of furan rings is 1. The lowest BCUT2D eigenvalue weighted by molar-refractivity contribution is -0.140. The number of hydrogen-bond donors (Lipinski definition) is 1. The van der Waals surface area contributed by atoms with Gasteiger partial charge in [0.1, 0.15) is 17.6 Å². The Bertz CT molecular complexity index is 864. The first kappa shape index (κ1) is 18.0. The normalized spacial score (nSPS) is 19.3. The van der Waals surface area contributed by atoms with Gasteiger partial charge >= 0.3 is 0 Å². The standard InChI is InChI=1S/C21H23NO4/c1-4-5-10-22-18(16-7-6-11-26-16)17(20(24)21(22)25)19(23)15-12-13(2)8-9-14(15)3/h6-9,11-12,18,23H,4-5,10H2,1-3H3/b19-17-. The van der Waals surface area contributed by atoms with E-state index in [1.54, 1.807) is 12.1 Å². The molecule has 1 fully saturated rings. The number of aryl methyl sites for hydroxylation is 2. The minimum Gasteiger partial charge on any atom is -0.507 e. The maximum absolute atomic E-state index is 12.7. The highest BCUT2D eigenvalue weighted by atomic mass is 16.3. The van der Waals surface area contributed by atoms with E-state index >= 15 is 0 Å². The fraction of sp³-hybridized carbons (Fsp3) is 0.333. The second-order valence-electron chi connectivity index (χ2n) is 6.68. The van der Waals surface area contributed by atoms with Gasteiger partial charge in [-0.2, -0.15) is 0 Å². The van der Waals surface area contributed by atoms with Crippen molar-refractivity contribution in [3.63, 3.8) is 0 Å². The Hall–Kier alpha value is -2.82. The summed E-state index contributed by atoms with van der Waals surface area (Å²) in [4.78, 5) is 26.9. The number of unbranched alkanes of at least 4 members (excludes halogenated alkanes) is 1. The van der Waals surface area contributed by atoms with Gasteiger partial charge in [-0.25, -0.2) is 0 Å². The van der Waals surface area contributed by atoms with Crippen LogP contribution in [0, 0.1) is 13.8 Å². The lowest BCUT2D eigenvalue weighted by Gasteiger charge is -2.23. The molecule has 1 atom stereocenters. The summed E-state index contributed by atoms with van der Waals surface area (Å²) in [5.41, 5.74) is 2.46. The third kappa shape index (κ3) is 3.05. The second-order valence-corrected chi connectivity index (χ2v) is 6.68. The predicted octanol–water partition coefficient (Wildman–Crippen LogP) is 4.12. The molecule has 26 heavy (non-hydrogen) atoms. The molecule has 1 aromatic carbocycles. The first-order valence-electron chi connectivity index (χ1n) is 8.85. The van der Waals surface area contributed by atoms with Crippen LogP contribution in [-0.2, 0) is 9.59 Å². The molecule has 136 valence electrons. The number of rotatable bonds is 5. The number of benzene rings is 1. The number of Topliss-reactive ketones (excluding diaryl/α,β-unsaturated/α-hetero) is 1. The van der Waals surface area contributed by atoms with Crippen LogP contribution in [0.2, 0.25) is 0 Å². The van der Waals surface area contributed by atoms with Gasteiger partial charge in [-0.15, -0.1) is 0 Å². The fourth-order valence-electron chi connectivity index (χ4n) is 3.32. The average molecular weight is 353 g/mol. The number of amides is 1. The molecule has 1 aliphatic heterocycles. The molecule has 0 aliphatic carbocycles. The Labute approximate surface area is 152 Å². The predicted molar refractivity (Wildman–Crippen MR) is 98.5 cm³/mol. The van der Waals surface area contributed by atoms with Crippen molar-refractivity contribution >= 4 is 17.4 Å². The summed E-state index contributed by atoms with van der Waals surface area (Å²) < 4.78 is 5.50. The van der Waals surface area contributed by atoms with Gasteiger partial charge in [-0.3, -0.25) is 9.59 Å². The number of likely N-dealkylation sites (tertiary alicyclic amines) is 1. The minimum atomic E-state index is -0.698. The van der Waals surface area contributed by atoms with Crippen molar-refractivity contribution in [2.75, 3.05) is 6.54 Å². The Kier molecular flexibility index (Phi) is 4.98. The van der Waals surface area contributed by atoms with Gasteiger partial charge < -0.3 is 14.4 Å². The molecule has 1 unspecified atom stereocenters. The number of carbonyl (C=O) groups is 2. The number of carbonyl (C=O) groups excluding carboxylic acids is 2. The van der Waals surface area contributed by atoms with Crippen LogP contribution in [0.25, 0.3) is 5.76 Å². The van der Waals surface area contributed by atoms with Crippen molar-refractivity contribution in [2.24, 2.45) is 0 Å². The maximum Gasteiger partial charge on any atom is 0.295 e. The molecular formula is C21H23NO4. The molecule has 1 aliphatic rings. The zero-order valence-corrected chi connectivity index (χ0v) is 15.3. The molecule has 5 heteroatoms. The molecule has 2 heterocycles. The third-order valence-electron chi connectivity index (χ3n) is 4.75. The van der Waals surface area contributed by atoms with Crippen molar-refractivity contribution in [2.45, 2.75) is 39.7 Å². The van der Waals surface area contributed by atoms with Crippen LogP contribution in [-0.4, -0.2) is 28.2 Å². The van der Waals surface area contributed by atoms with E-state index in [1.165, 1.54) is 11.2 Å². The van der Waals surface area contributed by atoms with Gasteiger partial charge in [0.2, 0.25) is 0 Å². The first-order chi connectivity index (χ1) is 12.5. The van der Waals surface area contributed by atoms with E-state index in [0.717, 1.165) is 24.0 Å². The number of aliphatic hydroxyl groups excluding tert-OH is 1. The van der Waals surface area contributed by atoms with E-state index in [9.17, 15) is 14.7 Å². The van der Waals surface area contributed by atoms with E-state index in [-0.39, 0.29) is 11.3 Å². The molecule has 0 bridgehead atoms. The quantitative estimate of drug-likeness (QED) is 0.499. The van der Waals surface area contributed by atoms with E-state index in [4.69, 9.17) is 4.42 Å². The number of nitrogens with zero attached hydrogens (tertiary/aromatic N) is 1. The smallest absolute Gasteiger partial charge is 0.295 e. The summed E-state index contributed by atoms with van der Waals surface area (Å²) in [5, 5.41) is 11.0. The average Bonchev–Trinajstić information content (AvgIpc) is 3.23. The van der Waals surface area contributed by atoms with E-state index in [1.807, 2.05) is 39.0 Å². The van der Waals surface area contributed by atoms with Crippen LogP contribution >= 0.6 is 0 Å². The number of aliphatic hydroxyl groups is 1. The molecule has 1 amide bonds. The second kappa shape index (κ2) is 7.20. The molecule has 5 nitrogen and oxygen atoms in total. The van der Waals surface area contributed by atoms with Crippen LogP contribution < -0.4 is 0 Å². The van der Waals surface area contributed by atoms with Gasteiger partial charge in [0.25, 0.3) is 11.7 Å². The molecule has 0 saturated carbocycles. The lowest BCUT2D eigenvalue weighted by Crippen LogP contribution is -2.30. The van der Waals surface area contributed by atoms with Crippen LogP contribution in [0.15, 0.2) is 46.6 Å². The highest BCUT2D eigenvalue weighted by Gasteiger charge is 2.47. The summed E-state index contributed by atoms with van der Waals surface area (Å²) >= 11 is 0. The van der Waals surface area contributed by atoms with E-state index < -0.39 is 17.7 Å². The highest BCUT2D eigenvalue weighted by molar-refractivity contribution is 6.46. The minimum absolute atomic E-state index is 0.0924. The third-order valence-corrected chi connectivity index (χ3v) is 4.75. The van der Waals surface area contributed by atoms with Crippen molar-refractivity contribution in [3.8, 4) is 0 Å². The van der Waals surface area contributed by atoms with Crippen molar-refractivity contribution < 1.29 is 19.1 Å². The van der Waals surface area contributed by atoms with Gasteiger partial charge in [-0.1, -0.05) is 31.0 Å². The first-order valence-corrected chi connectivity index (χ1v) is 8.85. The van der Waals surface area contributed by atoms with Gasteiger partial charge in [0.05, 0.1) is 11.8 Å². The number of hydrogen-bond acceptors (Lipinski definition) is 4. The summed E-state index contributed by atoms with van der Waals surface area (Å²) in [6.45, 7) is 6.24. The van der Waals surface area contributed by atoms with E-state index in [2.05, 4.69) is 0 Å². The zero-order valence-electron chi connectivity index (χ0n) is 15.3. The van der Waals surface area contributed by atoms with Gasteiger partial charge in [0.15, 0.2) is 0 Å². The number of ketones is 1. The molecule has 1 saturated heterocycles.